The molecule has 3 atom stereocenters. The van der Waals surface area contributed by atoms with Gasteiger partial charge in [-0.15, -0.1) is 0 Å². The van der Waals surface area contributed by atoms with Crippen molar-refractivity contribution in [3.8, 4) is 12.1 Å². The van der Waals surface area contributed by atoms with Gasteiger partial charge in [0, 0.05) is 12.2 Å². The lowest BCUT2D eigenvalue weighted by Crippen LogP contribution is -2.18. The molecule has 1 aromatic rings. The zero-order valence-corrected chi connectivity index (χ0v) is 10.6. The number of hydrogen-bond acceptors (Lipinski definition) is 3. The van der Waals surface area contributed by atoms with Crippen LogP contribution in [0.2, 0.25) is 0 Å². The molecule has 1 N–H and O–H groups in total. The fourth-order valence-electron chi connectivity index (χ4n) is 3.22. The van der Waals surface area contributed by atoms with Crippen LogP contribution in [0.4, 0.5) is 5.69 Å². The van der Waals surface area contributed by atoms with E-state index >= 15 is 0 Å². The third-order valence-electron chi connectivity index (χ3n) is 4.25. The number of nitrogens with zero attached hydrogens (tertiary/aromatic N) is 2. The molecule has 3 rings (SSSR count). The molecule has 0 amide bonds. The average molecular weight is 249 g/mol. The molecule has 94 valence electrons. The van der Waals surface area contributed by atoms with Gasteiger partial charge in [-0.2, -0.15) is 10.5 Å². The molecule has 19 heavy (non-hydrogen) atoms. The van der Waals surface area contributed by atoms with Crippen molar-refractivity contribution in [2.24, 2.45) is 17.8 Å². The maximum Gasteiger partial charge on any atom is 0.101 e. The molecule has 2 aliphatic rings. The van der Waals surface area contributed by atoms with Crippen LogP contribution in [0.5, 0.6) is 0 Å². The minimum absolute atomic E-state index is 0.441. The van der Waals surface area contributed by atoms with Gasteiger partial charge in [0.2, 0.25) is 0 Å². The Labute approximate surface area is 113 Å². The van der Waals surface area contributed by atoms with Crippen LogP contribution in [-0.4, -0.2) is 6.54 Å². The van der Waals surface area contributed by atoms with Crippen molar-refractivity contribution in [2.75, 3.05) is 11.9 Å². The molecule has 1 saturated carbocycles. The highest BCUT2D eigenvalue weighted by atomic mass is 14.9. The van der Waals surface area contributed by atoms with Crippen molar-refractivity contribution in [3.63, 3.8) is 0 Å². The summed E-state index contributed by atoms with van der Waals surface area (Å²) in [6.45, 7) is 0.947. The fourth-order valence-corrected chi connectivity index (χ4v) is 3.22. The second-order valence-electron chi connectivity index (χ2n) is 5.41. The minimum Gasteiger partial charge on any atom is -0.385 e. The predicted octanol–water partition coefficient (Wildman–Crippen LogP) is 3.05. The van der Waals surface area contributed by atoms with Gasteiger partial charge in [0.1, 0.15) is 12.1 Å². The summed E-state index contributed by atoms with van der Waals surface area (Å²) in [5.41, 5.74) is 1.82. The minimum atomic E-state index is 0.441. The molecular weight excluding hydrogens is 234 g/mol. The SMILES string of the molecule is N#Cc1ccc(NCC2CC3C=CC2C3)cc1C#N. The number of rotatable bonds is 3. The van der Waals surface area contributed by atoms with Gasteiger partial charge in [-0.1, -0.05) is 12.2 Å². The van der Waals surface area contributed by atoms with Crippen LogP contribution in [0.1, 0.15) is 24.0 Å². The number of hydrogen-bond donors (Lipinski definition) is 1. The quantitative estimate of drug-likeness (QED) is 0.837. The van der Waals surface area contributed by atoms with Crippen LogP contribution in [0.15, 0.2) is 30.4 Å². The van der Waals surface area contributed by atoms with E-state index in [1.165, 1.54) is 12.8 Å². The van der Waals surface area contributed by atoms with Gasteiger partial charge >= 0.3 is 0 Å². The Morgan fingerprint density at radius 1 is 1.11 bits per heavy atom. The Kier molecular flexibility index (Phi) is 2.97. The topological polar surface area (TPSA) is 59.6 Å². The lowest BCUT2D eigenvalue weighted by molar-refractivity contribution is 0.472. The van der Waals surface area contributed by atoms with E-state index in [-0.39, 0.29) is 0 Å². The number of anilines is 1. The molecule has 0 radical (unpaired) electrons. The Hall–Kier alpha value is -2.26. The molecule has 0 heterocycles. The number of nitrogens with one attached hydrogen (secondary N) is 1. The van der Waals surface area contributed by atoms with Gasteiger partial charge < -0.3 is 5.32 Å². The van der Waals surface area contributed by atoms with E-state index in [1.807, 2.05) is 12.1 Å². The van der Waals surface area contributed by atoms with Crippen molar-refractivity contribution in [3.05, 3.63) is 41.5 Å². The van der Waals surface area contributed by atoms with E-state index in [2.05, 4.69) is 23.5 Å². The van der Waals surface area contributed by atoms with Crippen molar-refractivity contribution in [2.45, 2.75) is 12.8 Å². The normalized spacial score (nSPS) is 26.9. The standard InChI is InChI=1S/C16H15N3/c17-8-13-3-4-16(7-14(13)9-18)19-10-15-6-11-1-2-12(15)5-11/h1-4,7,11-12,15,19H,5-6,10H2. The van der Waals surface area contributed by atoms with E-state index in [0.29, 0.717) is 17.0 Å². The second kappa shape index (κ2) is 4.78. The summed E-state index contributed by atoms with van der Waals surface area (Å²) < 4.78 is 0. The van der Waals surface area contributed by atoms with E-state index < -0.39 is 0 Å². The summed E-state index contributed by atoms with van der Waals surface area (Å²) in [5.74, 6) is 2.22. The maximum absolute atomic E-state index is 9.00. The molecule has 1 fully saturated rings. The van der Waals surface area contributed by atoms with E-state index in [0.717, 1.165) is 24.1 Å². The molecule has 3 nitrogen and oxygen atoms in total. The van der Waals surface area contributed by atoms with Crippen molar-refractivity contribution in [1.29, 1.82) is 10.5 Å². The van der Waals surface area contributed by atoms with Gasteiger partial charge in [0.15, 0.2) is 0 Å². The molecule has 2 bridgehead atoms. The van der Waals surface area contributed by atoms with Crippen LogP contribution in [0.25, 0.3) is 0 Å². The summed E-state index contributed by atoms with van der Waals surface area (Å²) in [4.78, 5) is 0. The molecule has 1 aromatic carbocycles. The number of fused-ring (bicyclic) bond motifs is 2. The molecular formula is C16H15N3. The van der Waals surface area contributed by atoms with Crippen molar-refractivity contribution in [1.82, 2.24) is 0 Å². The van der Waals surface area contributed by atoms with Crippen LogP contribution in [-0.2, 0) is 0 Å². The van der Waals surface area contributed by atoms with Gasteiger partial charge in [-0.25, -0.2) is 0 Å². The Morgan fingerprint density at radius 3 is 2.58 bits per heavy atom. The Balaban J connectivity index is 1.66. The molecule has 3 unspecified atom stereocenters. The smallest absolute Gasteiger partial charge is 0.101 e. The third-order valence-corrected chi connectivity index (χ3v) is 4.25. The van der Waals surface area contributed by atoms with Crippen molar-refractivity contribution >= 4 is 5.69 Å². The lowest BCUT2D eigenvalue weighted by atomic mass is 9.93. The van der Waals surface area contributed by atoms with Gasteiger partial charge in [0.05, 0.1) is 11.1 Å². The molecule has 2 aliphatic carbocycles. The van der Waals surface area contributed by atoms with Gasteiger partial charge in [-0.3, -0.25) is 0 Å². The first-order valence-electron chi connectivity index (χ1n) is 6.66. The third kappa shape index (κ3) is 2.20. The first-order valence-corrected chi connectivity index (χ1v) is 6.66. The first-order chi connectivity index (χ1) is 9.30. The molecule has 3 heteroatoms. The zero-order valence-electron chi connectivity index (χ0n) is 10.6. The fraction of sp³-hybridized carbons (Fsp3) is 0.375. The van der Waals surface area contributed by atoms with E-state index in [9.17, 15) is 0 Å². The Bertz CT molecular complexity index is 603. The largest absolute Gasteiger partial charge is 0.385 e. The summed E-state index contributed by atoms with van der Waals surface area (Å²) in [7, 11) is 0. The summed E-state index contributed by atoms with van der Waals surface area (Å²) in [6, 6.07) is 9.45. The second-order valence-corrected chi connectivity index (χ2v) is 5.41. The molecule has 0 aromatic heterocycles. The lowest BCUT2D eigenvalue weighted by Gasteiger charge is -2.19. The summed E-state index contributed by atoms with van der Waals surface area (Å²) in [6.07, 6.45) is 7.27. The monoisotopic (exact) mass is 249 g/mol. The summed E-state index contributed by atoms with van der Waals surface area (Å²) in [5, 5.41) is 21.3. The Morgan fingerprint density at radius 2 is 1.95 bits per heavy atom. The van der Waals surface area contributed by atoms with Crippen molar-refractivity contribution < 1.29 is 0 Å². The highest BCUT2D eigenvalue weighted by molar-refractivity contribution is 5.56. The zero-order chi connectivity index (χ0) is 13.2. The first kappa shape index (κ1) is 11.8. The van der Waals surface area contributed by atoms with Gasteiger partial charge in [0.25, 0.3) is 0 Å². The van der Waals surface area contributed by atoms with Crippen LogP contribution in [0.3, 0.4) is 0 Å². The summed E-state index contributed by atoms with van der Waals surface area (Å²) >= 11 is 0. The molecule has 0 aliphatic heterocycles. The maximum atomic E-state index is 9.00. The highest BCUT2D eigenvalue weighted by Crippen LogP contribution is 2.43. The average Bonchev–Trinajstić information content (AvgIpc) is 3.07. The number of nitriles is 2. The highest BCUT2D eigenvalue weighted by Gasteiger charge is 2.35. The van der Waals surface area contributed by atoms with Crippen LogP contribution in [0, 0.1) is 40.4 Å². The molecule has 0 saturated heterocycles. The van der Waals surface area contributed by atoms with Crippen LogP contribution < -0.4 is 5.32 Å². The predicted molar refractivity (Wildman–Crippen MR) is 73.2 cm³/mol. The van der Waals surface area contributed by atoms with E-state index in [1.54, 1.807) is 12.1 Å². The number of benzene rings is 1. The number of allylic oxidation sites excluding steroid dienone is 2. The van der Waals surface area contributed by atoms with E-state index in [4.69, 9.17) is 10.5 Å². The van der Waals surface area contributed by atoms with Gasteiger partial charge in [-0.05, 0) is 48.8 Å². The molecule has 0 spiro atoms. The van der Waals surface area contributed by atoms with Crippen LogP contribution >= 0.6 is 0 Å².